The Kier molecular flexibility index (Phi) is 3.61. The Balaban J connectivity index is 1.41. The molecule has 0 bridgehead atoms. The second kappa shape index (κ2) is 6.02. The molecular weight excluding hydrogens is 342 g/mol. The Bertz CT molecular complexity index is 1100. The van der Waals surface area contributed by atoms with Gasteiger partial charge in [-0.05, 0) is 50.3 Å². The van der Waals surface area contributed by atoms with E-state index in [-0.39, 0.29) is 0 Å². The first kappa shape index (κ1) is 16.2. The van der Waals surface area contributed by atoms with E-state index in [4.69, 9.17) is 0 Å². The van der Waals surface area contributed by atoms with Crippen molar-refractivity contribution in [2.75, 3.05) is 5.32 Å². The van der Waals surface area contributed by atoms with Crippen molar-refractivity contribution in [2.24, 2.45) is 0 Å². The normalized spacial score (nSPS) is 23.1. The second-order valence-corrected chi connectivity index (χ2v) is 7.55. The van der Waals surface area contributed by atoms with Crippen LogP contribution in [0.4, 0.5) is 5.95 Å². The highest BCUT2D eigenvalue weighted by atomic mass is 16.3. The van der Waals surface area contributed by atoms with Crippen molar-refractivity contribution in [3.05, 3.63) is 37.1 Å². The van der Waals surface area contributed by atoms with E-state index in [0.29, 0.717) is 12.0 Å². The average molecular weight is 363 g/mol. The third-order valence-corrected chi connectivity index (χ3v) is 5.42. The summed E-state index contributed by atoms with van der Waals surface area (Å²) in [4.78, 5) is 16.6. The number of fused-ring (bicyclic) bond motifs is 2. The van der Waals surface area contributed by atoms with Crippen LogP contribution in [0.3, 0.4) is 0 Å². The number of H-pyrrole nitrogens is 1. The summed E-state index contributed by atoms with van der Waals surface area (Å²) in [6.07, 6.45) is 10.7. The quantitative estimate of drug-likeness (QED) is 0.517. The fourth-order valence-corrected chi connectivity index (χ4v) is 3.77. The number of aliphatic hydroxyl groups is 1. The highest BCUT2D eigenvalue weighted by Gasteiger charge is 2.28. The van der Waals surface area contributed by atoms with Gasteiger partial charge in [-0.2, -0.15) is 10.1 Å². The molecule has 0 spiro atoms. The third kappa shape index (κ3) is 3.02. The average Bonchev–Trinajstić information content (AvgIpc) is 3.29. The van der Waals surface area contributed by atoms with Crippen LogP contribution < -0.4 is 5.32 Å². The molecule has 0 amide bonds. The summed E-state index contributed by atoms with van der Waals surface area (Å²) in [6, 6.07) is 4.30. The Morgan fingerprint density at radius 3 is 3.00 bits per heavy atom. The molecular formula is C19H21N7O. The van der Waals surface area contributed by atoms with Gasteiger partial charge in [0.1, 0.15) is 12.0 Å². The summed E-state index contributed by atoms with van der Waals surface area (Å²) in [5.41, 5.74) is 3.14. The Morgan fingerprint density at radius 2 is 2.15 bits per heavy atom. The van der Waals surface area contributed by atoms with Crippen molar-refractivity contribution < 1.29 is 5.11 Å². The molecule has 4 aromatic heterocycles. The zero-order valence-electron chi connectivity index (χ0n) is 15.1. The Hall–Kier alpha value is -3.00. The van der Waals surface area contributed by atoms with Crippen molar-refractivity contribution in [3.63, 3.8) is 0 Å². The van der Waals surface area contributed by atoms with Crippen LogP contribution in [-0.2, 0) is 0 Å². The van der Waals surface area contributed by atoms with Gasteiger partial charge in [0.15, 0.2) is 5.65 Å². The van der Waals surface area contributed by atoms with Gasteiger partial charge in [0.2, 0.25) is 5.95 Å². The number of nitrogens with zero attached hydrogens (tertiary/aromatic N) is 5. The number of pyridine rings is 1. The topological polar surface area (TPSA) is 104 Å². The largest absolute Gasteiger partial charge is 0.390 e. The summed E-state index contributed by atoms with van der Waals surface area (Å²) in [6.45, 7) is 1.91. The van der Waals surface area contributed by atoms with Crippen molar-refractivity contribution in [3.8, 4) is 11.1 Å². The summed E-state index contributed by atoms with van der Waals surface area (Å²) in [5.74, 6) is 0.621. The number of nitrogens with one attached hydrogen (secondary N) is 2. The van der Waals surface area contributed by atoms with Gasteiger partial charge in [0.05, 0.1) is 5.60 Å². The number of aromatic amines is 1. The van der Waals surface area contributed by atoms with E-state index in [0.717, 1.165) is 53.5 Å². The molecule has 1 aliphatic rings. The van der Waals surface area contributed by atoms with Gasteiger partial charge >= 0.3 is 0 Å². The van der Waals surface area contributed by atoms with E-state index in [1.54, 1.807) is 10.8 Å². The maximum absolute atomic E-state index is 10.1. The van der Waals surface area contributed by atoms with Crippen LogP contribution in [0, 0.1) is 0 Å². The van der Waals surface area contributed by atoms with Crippen LogP contribution in [0.2, 0.25) is 0 Å². The zero-order valence-corrected chi connectivity index (χ0v) is 15.1. The highest BCUT2D eigenvalue weighted by molar-refractivity contribution is 5.93. The molecule has 1 aliphatic carbocycles. The van der Waals surface area contributed by atoms with E-state index in [9.17, 15) is 5.11 Å². The second-order valence-electron chi connectivity index (χ2n) is 7.55. The fraction of sp³-hybridized carbons (Fsp3) is 0.368. The van der Waals surface area contributed by atoms with Gasteiger partial charge in [-0.3, -0.25) is 0 Å². The number of hydrogen-bond donors (Lipinski definition) is 3. The third-order valence-electron chi connectivity index (χ3n) is 5.42. The lowest BCUT2D eigenvalue weighted by molar-refractivity contribution is 0.0196. The molecule has 3 N–H and O–H groups in total. The molecule has 1 fully saturated rings. The van der Waals surface area contributed by atoms with E-state index in [1.165, 1.54) is 0 Å². The van der Waals surface area contributed by atoms with Crippen molar-refractivity contribution in [1.29, 1.82) is 0 Å². The molecule has 4 heterocycles. The van der Waals surface area contributed by atoms with E-state index < -0.39 is 5.60 Å². The number of hydrogen-bond acceptors (Lipinski definition) is 6. The van der Waals surface area contributed by atoms with Gasteiger partial charge < -0.3 is 15.4 Å². The van der Waals surface area contributed by atoms with E-state index in [2.05, 4.69) is 30.4 Å². The lowest BCUT2D eigenvalue weighted by Gasteiger charge is -2.33. The lowest BCUT2D eigenvalue weighted by Crippen LogP contribution is -2.36. The van der Waals surface area contributed by atoms with Crippen LogP contribution in [-0.4, -0.2) is 46.3 Å². The van der Waals surface area contributed by atoms with Gasteiger partial charge in [-0.1, -0.05) is 0 Å². The monoisotopic (exact) mass is 363 g/mol. The van der Waals surface area contributed by atoms with E-state index >= 15 is 0 Å². The molecule has 0 aliphatic heterocycles. The first-order chi connectivity index (χ1) is 13.1. The van der Waals surface area contributed by atoms with Crippen LogP contribution in [0.25, 0.3) is 27.8 Å². The van der Waals surface area contributed by atoms with Crippen molar-refractivity contribution >= 4 is 22.6 Å². The molecule has 0 aromatic carbocycles. The van der Waals surface area contributed by atoms with Gasteiger partial charge in [-0.15, -0.1) is 0 Å². The number of anilines is 1. The molecule has 4 aromatic rings. The Labute approximate surface area is 155 Å². The minimum Gasteiger partial charge on any atom is -0.390 e. The summed E-state index contributed by atoms with van der Waals surface area (Å²) >= 11 is 0. The van der Waals surface area contributed by atoms with E-state index in [1.807, 2.05) is 37.6 Å². The van der Waals surface area contributed by atoms with Crippen LogP contribution in [0.15, 0.2) is 37.1 Å². The highest BCUT2D eigenvalue weighted by Crippen LogP contribution is 2.30. The summed E-state index contributed by atoms with van der Waals surface area (Å²) in [5, 5.41) is 18.6. The molecule has 8 heteroatoms. The van der Waals surface area contributed by atoms with Crippen molar-refractivity contribution in [2.45, 2.75) is 44.2 Å². The van der Waals surface area contributed by atoms with Gasteiger partial charge in [0, 0.05) is 35.6 Å². The standard InChI is InChI=1S/C19H21N7O/c1-19(27)5-2-13(3-6-19)24-18-21-10-15-14(9-20-17(15)25-18)12-4-7-26-16(8-12)22-11-23-26/h4,7-11,13,27H,2-3,5-6H2,1H3,(H2,20,21,24,25)/t13-,19+. The molecule has 138 valence electrons. The van der Waals surface area contributed by atoms with Crippen LogP contribution in [0.5, 0.6) is 0 Å². The molecule has 0 atom stereocenters. The predicted molar refractivity (Wildman–Crippen MR) is 102 cm³/mol. The smallest absolute Gasteiger partial charge is 0.224 e. The number of aromatic nitrogens is 6. The lowest BCUT2D eigenvalue weighted by atomic mass is 9.84. The molecule has 0 unspecified atom stereocenters. The molecule has 8 nitrogen and oxygen atoms in total. The minimum atomic E-state index is -0.539. The predicted octanol–water partition coefficient (Wildman–Crippen LogP) is 2.77. The first-order valence-electron chi connectivity index (χ1n) is 9.20. The zero-order chi connectivity index (χ0) is 18.4. The summed E-state index contributed by atoms with van der Waals surface area (Å²) < 4.78 is 1.73. The van der Waals surface area contributed by atoms with Crippen LogP contribution in [0.1, 0.15) is 32.6 Å². The Morgan fingerprint density at radius 1 is 1.30 bits per heavy atom. The SMILES string of the molecule is C[C@]1(O)CC[C@@H](Nc2ncc3c(-c4ccn5ncnc5c4)c[nH]c3n2)CC1. The maximum atomic E-state index is 10.1. The molecule has 5 rings (SSSR count). The van der Waals surface area contributed by atoms with Gasteiger partial charge in [-0.25, -0.2) is 14.5 Å². The molecule has 1 saturated carbocycles. The molecule has 0 radical (unpaired) electrons. The van der Waals surface area contributed by atoms with Gasteiger partial charge in [0.25, 0.3) is 0 Å². The molecule has 0 saturated heterocycles. The maximum Gasteiger partial charge on any atom is 0.224 e. The molecule has 27 heavy (non-hydrogen) atoms. The fourth-order valence-electron chi connectivity index (χ4n) is 3.77. The van der Waals surface area contributed by atoms with Crippen LogP contribution >= 0.6 is 0 Å². The number of rotatable bonds is 3. The first-order valence-corrected chi connectivity index (χ1v) is 9.20. The minimum absolute atomic E-state index is 0.299. The summed E-state index contributed by atoms with van der Waals surface area (Å²) in [7, 11) is 0. The van der Waals surface area contributed by atoms with Crippen molar-refractivity contribution in [1.82, 2.24) is 29.5 Å².